The van der Waals surface area contributed by atoms with Gasteiger partial charge in [0.15, 0.2) is 0 Å². The first-order chi connectivity index (χ1) is 14.4. The predicted octanol–water partition coefficient (Wildman–Crippen LogP) is 4.83. The number of nitriles is 1. The van der Waals surface area contributed by atoms with Gasteiger partial charge in [0.2, 0.25) is 0 Å². The Morgan fingerprint density at radius 1 is 1.32 bits per heavy atom. The number of carbonyl (C=O) groups excluding carboxylic acids is 1. The minimum absolute atomic E-state index is 0.127. The molecular weight excluding hydrogens is 416 g/mol. The summed E-state index contributed by atoms with van der Waals surface area (Å²) in [5.41, 5.74) is -0.137. The van der Waals surface area contributed by atoms with Crippen LogP contribution in [0, 0.1) is 11.3 Å². The van der Waals surface area contributed by atoms with Gasteiger partial charge in [-0.2, -0.15) is 18.4 Å². The van der Waals surface area contributed by atoms with Crippen LogP contribution in [0.1, 0.15) is 32.9 Å². The summed E-state index contributed by atoms with van der Waals surface area (Å²) in [5.74, 6) is 0. The fraction of sp³-hybridized carbons (Fsp3) is 0.524. The largest absolute Gasteiger partial charge is 0.444 e. The fourth-order valence-corrected chi connectivity index (χ4v) is 3.61. The molecule has 1 amide bonds. The van der Waals surface area contributed by atoms with Gasteiger partial charge in [0.05, 0.1) is 18.1 Å². The van der Waals surface area contributed by atoms with Crippen molar-refractivity contribution in [2.24, 2.45) is 0 Å². The number of benzene rings is 1. The first kappa shape index (κ1) is 22.7. The first-order valence-corrected chi connectivity index (χ1v) is 9.85. The van der Waals surface area contributed by atoms with Gasteiger partial charge >= 0.3 is 12.3 Å². The van der Waals surface area contributed by atoms with Crippen molar-refractivity contribution in [1.29, 1.82) is 5.26 Å². The summed E-state index contributed by atoms with van der Waals surface area (Å²) < 4.78 is 59.9. The molecule has 1 aromatic carbocycles. The molecule has 1 aromatic heterocycles. The van der Waals surface area contributed by atoms with Crippen LogP contribution in [0.4, 0.5) is 28.0 Å². The predicted molar refractivity (Wildman–Crippen MR) is 107 cm³/mol. The first-order valence-electron chi connectivity index (χ1n) is 9.85. The number of nitrogens with one attached hydrogen (secondary N) is 1. The van der Waals surface area contributed by atoms with Gasteiger partial charge in [0.25, 0.3) is 0 Å². The molecule has 1 saturated heterocycles. The number of aromatic nitrogens is 1. The molecule has 1 unspecified atom stereocenters. The van der Waals surface area contributed by atoms with Gasteiger partial charge in [-0.05, 0) is 45.4 Å². The second-order valence-electron chi connectivity index (χ2n) is 8.56. The fourth-order valence-electron chi connectivity index (χ4n) is 3.61. The molecule has 1 aliphatic heterocycles. The van der Waals surface area contributed by atoms with E-state index >= 15 is 0 Å². The number of hydrogen-bond donors (Lipinski definition) is 1. The van der Waals surface area contributed by atoms with E-state index in [9.17, 15) is 27.6 Å². The van der Waals surface area contributed by atoms with Crippen molar-refractivity contribution in [2.45, 2.75) is 57.7 Å². The van der Waals surface area contributed by atoms with Crippen molar-refractivity contribution in [2.75, 3.05) is 18.4 Å². The SMILES string of the molecule is CC(C)(C)OC(=O)N1CC[C@@H](Nc2cccc3c2cc(C#N)n3CC(F)(F)F)C(F)C1. The highest BCUT2D eigenvalue weighted by atomic mass is 19.4. The maximum atomic E-state index is 14.8. The van der Waals surface area contributed by atoms with E-state index in [1.165, 1.54) is 17.0 Å². The average Bonchev–Trinajstić information content (AvgIpc) is 2.99. The van der Waals surface area contributed by atoms with Gasteiger partial charge in [-0.3, -0.25) is 0 Å². The molecule has 2 aromatic rings. The van der Waals surface area contributed by atoms with Crippen LogP contribution in [0.3, 0.4) is 0 Å². The number of fused-ring (bicyclic) bond motifs is 1. The summed E-state index contributed by atoms with van der Waals surface area (Å²) >= 11 is 0. The van der Waals surface area contributed by atoms with E-state index in [0.717, 1.165) is 4.57 Å². The third-order valence-corrected chi connectivity index (χ3v) is 4.93. The Bertz CT molecular complexity index is 1000. The molecule has 2 atom stereocenters. The molecule has 1 fully saturated rings. The van der Waals surface area contributed by atoms with E-state index in [1.54, 1.807) is 39.0 Å². The number of likely N-dealkylation sites (tertiary alicyclic amines) is 1. The summed E-state index contributed by atoms with van der Waals surface area (Å²) in [7, 11) is 0. The number of anilines is 1. The topological polar surface area (TPSA) is 70.3 Å². The van der Waals surface area contributed by atoms with Crippen molar-refractivity contribution in [3.63, 3.8) is 0 Å². The standard InChI is InChI=1S/C21H24F4N4O2/c1-20(2,3)31-19(30)28-8-7-17(15(22)11-28)27-16-5-4-6-18-14(16)9-13(10-26)29(18)12-21(23,24)25/h4-6,9,15,17,27H,7-8,11-12H2,1-3H3/t15?,17-/m1/s1. The lowest BCUT2D eigenvalue weighted by Gasteiger charge is -2.36. The summed E-state index contributed by atoms with van der Waals surface area (Å²) in [5, 5.41) is 12.7. The molecule has 1 N–H and O–H groups in total. The van der Waals surface area contributed by atoms with E-state index in [-0.39, 0.29) is 24.3 Å². The highest BCUT2D eigenvalue weighted by Gasteiger charge is 2.34. The molecule has 168 valence electrons. The van der Waals surface area contributed by atoms with Gasteiger partial charge in [-0.25, -0.2) is 9.18 Å². The third-order valence-electron chi connectivity index (χ3n) is 4.93. The van der Waals surface area contributed by atoms with Crippen LogP contribution < -0.4 is 5.32 Å². The average molecular weight is 440 g/mol. The maximum Gasteiger partial charge on any atom is 0.410 e. The zero-order valence-electron chi connectivity index (χ0n) is 17.5. The van der Waals surface area contributed by atoms with Crippen LogP contribution in [0.2, 0.25) is 0 Å². The Hall–Kier alpha value is -2.96. The molecule has 0 bridgehead atoms. The molecular formula is C21H24F4N4O2. The number of alkyl halides is 4. The van der Waals surface area contributed by atoms with E-state index in [4.69, 9.17) is 4.74 Å². The van der Waals surface area contributed by atoms with Crippen molar-refractivity contribution in [3.8, 4) is 6.07 Å². The van der Waals surface area contributed by atoms with Gasteiger partial charge in [0.1, 0.15) is 30.1 Å². The second-order valence-corrected chi connectivity index (χ2v) is 8.56. The Balaban J connectivity index is 1.79. The normalized spacial score (nSPS) is 19.9. The monoisotopic (exact) mass is 440 g/mol. The van der Waals surface area contributed by atoms with Crippen molar-refractivity contribution in [3.05, 3.63) is 30.0 Å². The maximum absolute atomic E-state index is 14.8. The van der Waals surface area contributed by atoms with Crippen molar-refractivity contribution >= 4 is 22.7 Å². The van der Waals surface area contributed by atoms with Crippen LogP contribution >= 0.6 is 0 Å². The molecule has 3 rings (SSSR count). The number of nitrogens with zero attached hydrogens (tertiary/aromatic N) is 3. The van der Waals surface area contributed by atoms with Gasteiger partial charge in [-0.1, -0.05) is 6.07 Å². The number of ether oxygens (including phenoxy) is 1. The van der Waals surface area contributed by atoms with Crippen molar-refractivity contribution < 1.29 is 27.1 Å². The Morgan fingerprint density at radius 2 is 2.03 bits per heavy atom. The zero-order chi connectivity index (χ0) is 23.0. The number of hydrogen-bond acceptors (Lipinski definition) is 4. The van der Waals surface area contributed by atoms with E-state index in [0.29, 0.717) is 17.5 Å². The van der Waals surface area contributed by atoms with Gasteiger partial charge in [-0.15, -0.1) is 0 Å². The molecule has 0 radical (unpaired) electrons. The molecule has 0 spiro atoms. The minimum atomic E-state index is -4.49. The molecule has 1 aliphatic rings. The highest BCUT2D eigenvalue weighted by Crippen LogP contribution is 2.31. The van der Waals surface area contributed by atoms with Crippen LogP contribution in [0.5, 0.6) is 0 Å². The Labute approximate surface area is 177 Å². The highest BCUT2D eigenvalue weighted by molar-refractivity contribution is 5.94. The van der Waals surface area contributed by atoms with E-state index < -0.39 is 36.6 Å². The molecule has 6 nitrogen and oxygen atoms in total. The lowest BCUT2D eigenvalue weighted by molar-refractivity contribution is -0.140. The summed E-state index contributed by atoms with van der Waals surface area (Å²) in [6.07, 6.45) is -6.17. The molecule has 2 heterocycles. The number of halogens is 4. The number of carbonyl (C=O) groups is 1. The van der Waals surface area contributed by atoms with Crippen LogP contribution in [-0.2, 0) is 11.3 Å². The summed E-state index contributed by atoms with van der Waals surface area (Å²) in [6.45, 7) is 4.03. The molecule has 0 saturated carbocycles. The molecule has 31 heavy (non-hydrogen) atoms. The van der Waals surface area contributed by atoms with E-state index in [1.807, 2.05) is 0 Å². The Kier molecular flexibility index (Phi) is 6.07. The quantitative estimate of drug-likeness (QED) is 0.694. The minimum Gasteiger partial charge on any atom is -0.444 e. The van der Waals surface area contributed by atoms with Crippen LogP contribution in [0.15, 0.2) is 24.3 Å². The number of rotatable bonds is 3. The smallest absolute Gasteiger partial charge is 0.410 e. The van der Waals surface area contributed by atoms with Gasteiger partial charge < -0.3 is 19.5 Å². The number of amides is 1. The van der Waals surface area contributed by atoms with E-state index in [2.05, 4.69) is 5.32 Å². The number of piperidine rings is 1. The zero-order valence-corrected chi connectivity index (χ0v) is 17.5. The third kappa shape index (κ3) is 5.40. The lowest BCUT2D eigenvalue weighted by atomic mass is 10.0. The van der Waals surface area contributed by atoms with Gasteiger partial charge in [0, 0.05) is 17.6 Å². The lowest BCUT2D eigenvalue weighted by Crippen LogP contribution is -2.51. The van der Waals surface area contributed by atoms with Crippen molar-refractivity contribution in [1.82, 2.24) is 9.47 Å². The molecule has 10 heteroatoms. The summed E-state index contributed by atoms with van der Waals surface area (Å²) in [4.78, 5) is 13.5. The van der Waals surface area contributed by atoms with Crippen LogP contribution in [-0.4, -0.2) is 52.6 Å². The van der Waals surface area contributed by atoms with Crippen LogP contribution in [0.25, 0.3) is 10.9 Å². The molecule has 0 aliphatic carbocycles. The Morgan fingerprint density at radius 3 is 2.61 bits per heavy atom. The summed E-state index contributed by atoms with van der Waals surface area (Å²) in [6, 6.07) is 7.20. The second kappa shape index (κ2) is 8.29.